The van der Waals surface area contributed by atoms with Crippen molar-refractivity contribution in [3.05, 3.63) is 188 Å². The molecule has 240 valence electrons. The fourth-order valence-corrected chi connectivity index (χ4v) is 8.24. The monoisotopic (exact) mass is 676 g/mol. The van der Waals surface area contributed by atoms with Gasteiger partial charge >= 0.3 is 0 Å². The third-order valence-corrected chi connectivity index (χ3v) is 10.6. The predicted octanol–water partition coefficient (Wildman–Crippen LogP) is 14.4. The maximum atomic E-state index is 9.04. The summed E-state index contributed by atoms with van der Waals surface area (Å²) in [4.78, 5) is 2.27. The molecule has 51 heavy (non-hydrogen) atoms. The number of furan rings is 1. The first-order chi connectivity index (χ1) is 28.2. The Hall–Kier alpha value is -6.42. The summed E-state index contributed by atoms with van der Waals surface area (Å²) in [6, 6.07) is 47.2. The molecule has 0 aliphatic heterocycles. The highest BCUT2D eigenvalue weighted by Crippen LogP contribution is 2.50. The number of fused-ring (bicyclic) bond motifs is 6. The van der Waals surface area contributed by atoms with Crippen LogP contribution in [0.5, 0.6) is 0 Å². The number of rotatable bonds is 6. The van der Waals surface area contributed by atoms with Crippen molar-refractivity contribution >= 4 is 70.5 Å². The van der Waals surface area contributed by atoms with E-state index in [1.165, 1.54) is 10.1 Å². The van der Waals surface area contributed by atoms with Gasteiger partial charge in [0.1, 0.15) is 11.2 Å². The third kappa shape index (κ3) is 5.01. The van der Waals surface area contributed by atoms with Crippen LogP contribution in [-0.2, 0) is 0 Å². The number of anilines is 3. The molecule has 10 aromatic rings. The average Bonchev–Trinajstić information content (AvgIpc) is 3.86. The largest absolute Gasteiger partial charge is 0.455 e. The van der Waals surface area contributed by atoms with Gasteiger partial charge in [0.05, 0.1) is 20.0 Å². The van der Waals surface area contributed by atoms with Crippen LogP contribution in [0.1, 0.15) is 9.60 Å². The van der Waals surface area contributed by atoms with Gasteiger partial charge < -0.3 is 9.32 Å². The summed E-state index contributed by atoms with van der Waals surface area (Å²) in [5, 5.41) is 2.46. The first kappa shape index (κ1) is 23.1. The van der Waals surface area contributed by atoms with Crippen LogP contribution >= 0.6 is 11.3 Å². The Kier molecular flexibility index (Phi) is 5.50. The van der Waals surface area contributed by atoms with Gasteiger partial charge in [0, 0.05) is 48.7 Å². The molecule has 0 radical (unpaired) electrons. The molecule has 2 aromatic heterocycles. The number of para-hydroxylation sites is 2. The van der Waals surface area contributed by atoms with E-state index in [1.54, 1.807) is 11.3 Å². The lowest BCUT2D eigenvalue weighted by Crippen LogP contribution is -2.11. The smallest absolute Gasteiger partial charge is 0.143 e. The van der Waals surface area contributed by atoms with Gasteiger partial charge in [0.15, 0.2) is 0 Å². The molecule has 0 atom stereocenters. The van der Waals surface area contributed by atoms with Gasteiger partial charge in [-0.05, 0) is 58.6 Å². The van der Waals surface area contributed by atoms with Crippen molar-refractivity contribution in [2.24, 2.45) is 0 Å². The van der Waals surface area contributed by atoms with Crippen molar-refractivity contribution in [2.45, 2.75) is 0 Å². The van der Waals surface area contributed by atoms with E-state index in [1.807, 2.05) is 60.7 Å². The maximum Gasteiger partial charge on any atom is 0.143 e. The van der Waals surface area contributed by atoms with Crippen LogP contribution in [-0.4, -0.2) is 0 Å². The molecule has 0 saturated carbocycles. The van der Waals surface area contributed by atoms with E-state index in [-0.39, 0.29) is 57.7 Å². The van der Waals surface area contributed by atoms with Crippen molar-refractivity contribution in [2.75, 3.05) is 4.90 Å². The molecule has 0 N–H and O–H groups in total. The topological polar surface area (TPSA) is 16.4 Å². The highest BCUT2D eigenvalue weighted by Gasteiger charge is 2.23. The van der Waals surface area contributed by atoms with Gasteiger partial charge in [0.2, 0.25) is 0 Å². The molecule has 0 aliphatic carbocycles. The highest BCUT2D eigenvalue weighted by atomic mass is 32.1. The molecule has 0 unspecified atom stereocenters. The van der Waals surface area contributed by atoms with Crippen LogP contribution in [0.25, 0.3) is 75.5 Å². The molecule has 8 aromatic carbocycles. The second kappa shape index (κ2) is 12.2. The van der Waals surface area contributed by atoms with Crippen LogP contribution < -0.4 is 4.90 Å². The summed E-state index contributed by atoms with van der Waals surface area (Å²) in [7, 11) is 0. The zero-order valence-electron chi connectivity index (χ0n) is 34.1. The van der Waals surface area contributed by atoms with Gasteiger partial charge in [-0.15, -0.1) is 11.3 Å². The first-order valence-corrected chi connectivity index (χ1v) is 17.5. The lowest BCUT2D eigenvalue weighted by atomic mass is 9.98. The van der Waals surface area contributed by atoms with E-state index >= 15 is 0 Å². The summed E-state index contributed by atoms with van der Waals surface area (Å²) in [6.45, 7) is 0. The number of thiophene rings is 1. The zero-order chi connectivity index (χ0) is 39.8. The maximum absolute atomic E-state index is 9.04. The van der Waals surface area contributed by atoms with Crippen molar-refractivity contribution in [1.82, 2.24) is 0 Å². The molecule has 0 spiro atoms. The molecule has 0 amide bonds. The van der Waals surface area contributed by atoms with Crippen LogP contribution in [0, 0.1) is 0 Å². The Morgan fingerprint density at radius 3 is 1.82 bits per heavy atom. The van der Waals surface area contributed by atoms with E-state index in [4.69, 9.17) is 14.0 Å². The summed E-state index contributed by atoms with van der Waals surface area (Å²) in [5.41, 5.74) is 7.88. The quantitative estimate of drug-likeness (QED) is 0.174. The summed E-state index contributed by atoms with van der Waals surface area (Å²) < 4.78 is 68.8. The molecule has 10 rings (SSSR count). The van der Waals surface area contributed by atoms with Crippen LogP contribution in [0.4, 0.5) is 17.1 Å². The zero-order valence-corrected chi connectivity index (χ0v) is 27.9. The highest BCUT2D eigenvalue weighted by molar-refractivity contribution is 7.26. The Labute approximate surface area is 309 Å². The summed E-state index contributed by atoms with van der Waals surface area (Å²) >= 11 is 1.75. The SMILES string of the molecule is [2H]c1c([2H])c([2H])c2c(oc3c(-c4ccc(N(c5ccc(-c6ccccc6)cc5)c5c(-c6ccccc6)ccc6c5sc5ccccc56)cc4)c([2H])c([2H])c([2H])c32)c1[2H]. The van der Waals surface area contributed by atoms with Crippen LogP contribution in [0.3, 0.4) is 0 Å². The normalized spacial score (nSPS) is 13.5. The summed E-state index contributed by atoms with van der Waals surface area (Å²) in [6.07, 6.45) is 0. The molecule has 0 bridgehead atoms. The van der Waals surface area contributed by atoms with Crippen molar-refractivity contribution in [3.8, 4) is 33.4 Å². The van der Waals surface area contributed by atoms with Crippen LogP contribution in [0.2, 0.25) is 0 Å². The third-order valence-electron chi connectivity index (χ3n) is 9.41. The van der Waals surface area contributed by atoms with Crippen molar-refractivity contribution in [1.29, 1.82) is 0 Å². The predicted molar refractivity (Wildman–Crippen MR) is 218 cm³/mol. The van der Waals surface area contributed by atoms with Crippen molar-refractivity contribution in [3.63, 3.8) is 0 Å². The molecule has 2 nitrogen and oxygen atoms in total. The van der Waals surface area contributed by atoms with Gasteiger partial charge in [0.25, 0.3) is 0 Å². The first-order valence-electron chi connectivity index (χ1n) is 20.2. The minimum Gasteiger partial charge on any atom is -0.455 e. The van der Waals surface area contributed by atoms with Gasteiger partial charge in [-0.3, -0.25) is 0 Å². The summed E-state index contributed by atoms with van der Waals surface area (Å²) in [5.74, 6) is 0. The molecule has 0 aliphatic rings. The molecular formula is C48H31NOS. The Morgan fingerprint density at radius 2 is 1.06 bits per heavy atom. The second-order valence-electron chi connectivity index (χ2n) is 12.4. The van der Waals surface area contributed by atoms with Gasteiger partial charge in [-0.1, -0.05) is 152 Å². The van der Waals surface area contributed by atoms with Crippen molar-refractivity contribution < 1.29 is 14.0 Å². The van der Waals surface area contributed by atoms with E-state index < -0.39 is 12.1 Å². The van der Waals surface area contributed by atoms with E-state index in [2.05, 4.69) is 89.8 Å². The molecule has 0 fully saturated rings. The van der Waals surface area contributed by atoms with E-state index in [9.17, 15) is 0 Å². The minimum absolute atomic E-state index is 0.0346. The van der Waals surface area contributed by atoms with E-state index in [0.29, 0.717) is 5.56 Å². The lowest BCUT2D eigenvalue weighted by molar-refractivity contribution is 0.670. The Balaban J connectivity index is 1.22. The fourth-order valence-electron chi connectivity index (χ4n) is 7.00. The Morgan fingerprint density at radius 1 is 0.451 bits per heavy atom. The van der Waals surface area contributed by atoms with Gasteiger partial charge in [-0.25, -0.2) is 0 Å². The number of nitrogens with zero attached hydrogens (tertiary/aromatic N) is 1. The lowest BCUT2D eigenvalue weighted by Gasteiger charge is -2.29. The second-order valence-corrected chi connectivity index (χ2v) is 13.4. The minimum atomic E-state index is -0.452. The fraction of sp³-hybridized carbons (Fsp3) is 0. The molecule has 2 heterocycles. The molecule has 0 saturated heterocycles. The standard InChI is InChI=1S/C48H31NOS/c1-3-12-32(13-4-1)33-22-26-36(27-23-33)49(37-28-24-35(25-29-37)39-18-11-19-42-40-16-7-9-20-44(40)50-47(39)42)46-38(34-14-5-2-6-15-34)30-31-43-41-17-8-10-21-45(41)51-48(43)46/h1-31H/i7D,9D,11D,16D,18D,19D,20D. The van der Waals surface area contributed by atoms with Gasteiger partial charge in [-0.2, -0.15) is 0 Å². The van der Waals surface area contributed by atoms with Crippen LogP contribution in [0.15, 0.2) is 192 Å². The number of hydrogen-bond acceptors (Lipinski definition) is 3. The molecular weight excluding hydrogens is 639 g/mol. The Bertz CT molecular complexity index is 3240. The van der Waals surface area contributed by atoms with E-state index in [0.717, 1.165) is 49.4 Å². The molecule has 3 heteroatoms. The number of benzene rings is 8. The average molecular weight is 677 g/mol. The number of hydrogen-bond donors (Lipinski definition) is 0.